The van der Waals surface area contributed by atoms with E-state index < -0.39 is 122 Å². The van der Waals surface area contributed by atoms with Crippen molar-refractivity contribution in [3.8, 4) is 0 Å². The molecular formula is C88H96Br2F12N16O14Si2Zn. The van der Waals surface area contributed by atoms with Gasteiger partial charge in [-0.05, 0) is 208 Å². The monoisotopic (exact) mass is 2110 g/mol. The number of aliphatic carboxylic acids is 2. The number of halogens is 14. The van der Waals surface area contributed by atoms with Crippen LogP contribution in [0.5, 0.6) is 0 Å². The van der Waals surface area contributed by atoms with Crippen molar-refractivity contribution in [3.05, 3.63) is 221 Å². The number of pyridine rings is 4. The molecular weight excluding hydrogens is 2010 g/mol. The Balaban J connectivity index is 0.000000239. The van der Waals surface area contributed by atoms with Crippen molar-refractivity contribution in [3.63, 3.8) is 0 Å². The Morgan fingerprint density at radius 3 is 0.993 bits per heavy atom. The minimum atomic E-state index is -4.47. The van der Waals surface area contributed by atoms with Crippen molar-refractivity contribution in [1.29, 1.82) is 0 Å². The number of hydrogen-bond acceptors (Lipinski definition) is 16. The Kier molecular flexibility index (Phi) is 38.7. The fraction of sp³-hybridized carbons (Fsp3) is 0.307. The predicted octanol–water partition coefficient (Wildman–Crippen LogP) is 23.4. The average Bonchev–Trinajstić information content (AvgIpc) is 1.71. The van der Waals surface area contributed by atoms with Crippen molar-refractivity contribution in [1.82, 2.24) is 39.0 Å². The van der Waals surface area contributed by atoms with Crippen molar-refractivity contribution in [2.45, 2.75) is 162 Å². The summed E-state index contributed by atoms with van der Waals surface area (Å²) in [5.74, 6) is -2.91. The van der Waals surface area contributed by atoms with Gasteiger partial charge in [-0.15, -0.1) is 0 Å². The van der Waals surface area contributed by atoms with Crippen LogP contribution in [0.15, 0.2) is 175 Å². The van der Waals surface area contributed by atoms with Crippen LogP contribution >= 0.6 is 29.6 Å². The van der Waals surface area contributed by atoms with Crippen LogP contribution in [0.25, 0.3) is 44.1 Å². The molecule has 0 saturated carbocycles. The van der Waals surface area contributed by atoms with E-state index in [0.717, 1.165) is 89.4 Å². The van der Waals surface area contributed by atoms with Gasteiger partial charge in [0.25, 0.3) is 0 Å². The molecule has 30 nitrogen and oxygen atoms in total. The number of carbonyl (C=O) groups excluding carboxylic acids is 6. The summed E-state index contributed by atoms with van der Waals surface area (Å²) in [5.41, 5.74) is 1.79. The van der Waals surface area contributed by atoms with Crippen molar-refractivity contribution < 1.29 is 137 Å². The van der Waals surface area contributed by atoms with Crippen molar-refractivity contribution in [2.75, 3.05) is 55.7 Å². The summed E-state index contributed by atoms with van der Waals surface area (Å²) in [6.07, 6.45) is -5.81. The number of esters is 2. The van der Waals surface area contributed by atoms with Gasteiger partial charge in [0.05, 0.1) is 64.3 Å². The third-order valence-corrected chi connectivity index (χ3v) is 21.7. The van der Waals surface area contributed by atoms with Crippen LogP contribution in [0.3, 0.4) is 0 Å². The second kappa shape index (κ2) is 47.7. The molecule has 0 fully saturated rings. The number of fused-ring (bicyclic) bond motifs is 4. The Morgan fingerprint density at radius 2 is 0.704 bits per heavy atom. The number of hydrogen-bond donors (Lipinski definition) is 12. The molecule has 0 saturated heterocycles. The number of nitrogens with one attached hydrogen (secondary N) is 10. The summed E-state index contributed by atoms with van der Waals surface area (Å²) in [4.78, 5) is 116. The van der Waals surface area contributed by atoms with Crippen LogP contribution in [-0.2, 0) is 112 Å². The number of carboxylic acids is 2. The minimum absolute atomic E-state index is 0.00467. The first kappa shape index (κ1) is 110. The van der Waals surface area contributed by atoms with Crippen LogP contribution in [0, 0.1) is 6.92 Å². The molecule has 0 aliphatic heterocycles. The van der Waals surface area contributed by atoms with E-state index in [4.69, 9.17) is 24.4 Å². The molecule has 0 spiro atoms. The molecule has 8 aromatic heterocycles. The number of carbonyl (C=O) groups is 8. The van der Waals surface area contributed by atoms with E-state index >= 15 is 0 Å². The summed E-state index contributed by atoms with van der Waals surface area (Å²) < 4.78 is 178. The van der Waals surface area contributed by atoms with Gasteiger partial charge in [0, 0.05) is 128 Å². The topological polar surface area (TPSA) is 403 Å². The van der Waals surface area contributed by atoms with Gasteiger partial charge < -0.3 is 90.8 Å². The first-order chi connectivity index (χ1) is 62.8. The second-order valence-electron chi connectivity index (χ2n) is 34.0. The molecule has 47 heteroatoms. The van der Waals surface area contributed by atoms with Gasteiger partial charge in [0.15, 0.2) is 5.97 Å². The van der Waals surface area contributed by atoms with Crippen LogP contribution in [-0.4, -0.2) is 138 Å². The maximum atomic E-state index is 12.8. The van der Waals surface area contributed by atoms with E-state index in [1.807, 2.05) is 6.07 Å². The van der Waals surface area contributed by atoms with Gasteiger partial charge in [0.2, 0.25) is 0 Å². The SMILES string of the molecule is CC(C)(C)OC(=O)Cc1cnc2c(c1)c(NC(=O)Nc1ccc(C(F)(F)F)cc1)cn2COCC[Si](C)(C)C.C[Si](C)(C)CCOCn1cc(NC(=O)Nc2ccc(C(F)(F)F)cc2)c2cc(Br)cnc21.O=C(O)Cc1cnc2[nH]cc(NC(=O)Nc3ccc(C(F)(F)F)cc3)c2c1.O=C(O)Cc1cnc2[nH]cc(NC(=O)Nc3ccc(C(F)(F)F)cc3)c2c1.[CH2-]C(=O)OC(C)(C)C.[Zn+][Br]. The van der Waals surface area contributed by atoms with Gasteiger partial charge >= 0.3 is 96.7 Å². The van der Waals surface area contributed by atoms with Crippen LogP contribution in [0.1, 0.15) is 80.5 Å². The summed E-state index contributed by atoms with van der Waals surface area (Å²) in [5, 5.41) is 40.5. The number of anilines is 8. The van der Waals surface area contributed by atoms with Gasteiger partial charge in [-0.3, -0.25) is 26.1 Å². The third kappa shape index (κ3) is 37.4. The number of rotatable bonds is 24. The number of nitrogens with zero attached hydrogens (tertiary/aromatic N) is 6. The zero-order valence-electron chi connectivity index (χ0n) is 74.7. The molecule has 0 unspecified atom stereocenters. The number of alkyl halides is 12. The van der Waals surface area contributed by atoms with E-state index in [0.29, 0.717) is 96.8 Å². The van der Waals surface area contributed by atoms with E-state index in [-0.39, 0.29) is 55.5 Å². The molecule has 0 atom stereocenters. The number of H-pyrrole nitrogens is 2. The molecule has 12 N–H and O–H groups in total. The Hall–Kier alpha value is -12.4. The molecule has 0 radical (unpaired) electrons. The van der Waals surface area contributed by atoms with E-state index in [9.17, 15) is 91.0 Å². The van der Waals surface area contributed by atoms with E-state index in [1.165, 1.54) is 65.4 Å². The number of amides is 8. The fourth-order valence-electron chi connectivity index (χ4n) is 11.8. The molecule has 4 aromatic carbocycles. The predicted molar refractivity (Wildman–Crippen MR) is 496 cm³/mol. The van der Waals surface area contributed by atoms with Gasteiger partial charge in [-0.2, -0.15) is 52.7 Å². The quantitative estimate of drug-likeness (QED) is 0.00879. The number of carboxylic acid groups (broad SMARTS) is 2. The Labute approximate surface area is 792 Å². The number of urea groups is 4. The molecule has 135 heavy (non-hydrogen) atoms. The summed E-state index contributed by atoms with van der Waals surface area (Å²) in [6, 6.07) is 22.6. The van der Waals surface area contributed by atoms with Crippen LogP contribution in [0.2, 0.25) is 51.4 Å². The normalized spacial score (nSPS) is 11.7. The molecule has 0 aliphatic rings. The number of aromatic amines is 2. The van der Waals surface area contributed by atoms with Crippen LogP contribution < -0.4 is 42.5 Å². The van der Waals surface area contributed by atoms with Crippen molar-refractivity contribution in [2.24, 2.45) is 0 Å². The average molecular weight is 2110 g/mol. The summed E-state index contributed by atoms with van der Waals surface area (Å²) in [7, 11) is -2.49. The Morgan fingerprint density at radius 1 is 0.415 bits per heavy atom. The van der Waals surface area contributed by atoms with Crippen LogP contribution in [0.4, 0.5) is 117 Å². The molecule has 12 rings (SSSR count). The number of benzene rings is 4. The molecule has 0 aliphatic carbocycles. The molecule has 8 heterocycles. The van der Waals surface area contributed by atoms with Gasteiger partial charge in [-0.25, -0.2) is 39.1 Å². The maximum absolute atomic E-state index is 12.8. The first-order valence-electron chi connectivity index (χ1n) is 40.5. The first-order valence-corrected chi connectivity index (χ1v) is 55.6. The molecule has 0 bridgehead atoms. The van der Waals surface area contributed by atoms with E-state index in [2.05, 4.69) is 153 Å². The van der Waals surface area contributed by atoms with E-state index in [1.54, 1.807) is 93.7 Å². The summed E-state index contributed by atoms with van der Waals surface area (Å²) >= 11 is 7.64. The molecule has 8 amide bonds. The molecule has 720 valence electrons. The molecule has 12 aromatic rings. The van der Waals surface area contributed by atoms with Crippen molar-refractivity contribution >= 4 is 183 Å². The number of ether oxygens (including phenoxy) is 4. The Bertz CT molecular complexity index is 5920. The summed E-state index contributed by atoms with van der Waals surface area (Å²) in [6.45, 7) is 29.1. The zero-order valence-corrected chi connectivity index (χ0v) is 82.9. The van der Waals surface area contributed by atoms with Gasteiger partial charge in [-0.1, -0.05) is 39.3 Å². The van der Waals surface area contributed by atoms with Gasteiger partial charge in [0.1, 0.15) is 47.3 Å². The zero-order chi connectivity index (χ0) is 101. The third-order valence-electron chi connectivity index (χ3n) is 17.9. The number of aromatic nitrogens is 8. The fourth-order valence-corrected chi connectivity index (χ4v) is 13.6. The second-order valence-corrected chi connectivity index (χ2v) is 46.1. The standard InChI is InChI=1S/C27H35F3N4O4Si.C21H24BrF3N4O2Si.2C17H13F3N4O3.C6H11O2.BrH.Zn/c1-26(2,3)38-23(35)14-18-13-21-22(16-34(24(21)31-15-18)17-37-11-12-39(4,5)6)33-25(36)32-20-9-7-19(8-10-20)27(28,29)30;1-32(2,3)9-8-31-13-29-12-18(17-10-15(22)11-26-19(17)29)28-20(30)27-16-6-4-14(5-7-16)21(23,24)25;2*18-17(19,20)10-1-3-11(4-2-10)23-16(27)24-13-8-22-15-12(13)5-9(7-21-15)6-14(25)26;1-5(7)8-6(2,3)4;;/h7-10,13,15-16H,11-12,14,17H2,1-6H3,(H2,32,33,36);4-7,10-12H,8-9,13H2,1-3H3,(H2,27,28,30);2*1-5,7-8H,6H2,(H,21,22)(H,25,26)(H2,23,24,27);1H2,2-4H3;1H;/q;;;;-1;;+2/p-1.